The highest BCUT2D eigenvalue weighted by Crippen LogP contribution is 2.19. The molecule has 0 heterocycles. The van der Waals surface area contributed by atoms with Crippen molar-refractivity contribution in [3.8, 4) is 11.5 Å². The van der Waals surface area contributed by atoms with Crippen molar-refractivity contribution >= 4 is 35.8 Å². The van der Waals surface area contributed by atoms with E-state index in [1.165, 1.54) is 5.56 Å². The molecule has 0 aromatic heterocycles. The molecule has 1 amide bonds. The highest BCUT2D eigenvalue weighted by atomic mass is 127. The zero-order valence-electron chi connectivity index (χ0n) is 18.7. The van der Waals surface area contributed by atoms with E-state index >= 15 is 0 Å². The van der Waals surface area contributed by atoms with Crippen LogP contribution in [-0.4, -0.2) is 45.7 Å². The Morgan fingerprint density at radius 3 is 2.58 bits per heavy atom. The minimum absolute atomic E-state index is 0. The van der Waals surface area contributed by atoms with Crippen LogP contribution in [0.5, 0.6) is 11.5 Å². The fourth-order valence-electron chi connectivity index (χ4n) is 2.89. The zero-order chi connectivity index (χ0) is 21.8. The monoisotopic (exact) mass is 540 g/mol. The number of halogens is 1. The average molecular weight is 540 g/mol. The van der Waals surface area contributed by atoms with Gasteiger partial charge >= 0.3 is 0 Å². The van der Waals surface area contributed by atoms with E-state index in [1.807, 2.05) is 38.1 Å². The number of carbonyl (C=O) groups is 1. The van der Waals surface area contributed by atoms with Gasteiger partial charge in [0, 0.05) is 26.7 Å². The van der Waals surface area contributed by atoms with Gasteiger partial charge in [-0.15, -0.1) is 24.0 Å². The number of nitrogens with one attached hydrogen (secondary N) is 3. The molecule has 0 unspecified atom stereocenters. The lowest BCUT2D eigenvalue weighted by Gasteiger charge is -2.13. The molecule has 0 fully saturated rings. The van der Waals surface area contributed by atoms with E-state index in [2.05, 4.69) is 39.1 Å². The van der Waals surface area contributed by atoms with E-state index in [-0.39, 0.29) is 36.5 Å². The van der Waals surface area contributed by atoms with E-state index in [1.54, 1.807) is 14.2 Å². The molecule has 0 spiro atoms. The number of nitrogens with zero attached hydrogens (tertiary/aromatic N) is 1. The number of aliphatic imine (C=N–C) groups is 1. The first kappa shape index (κ1) is 26.5. The largest absolute Gasteiger partial charge is 0.496 e. The SMILES string of the molecule is CCNC(=O)COc1cccc(CNC(=NC)NCCc2ccc(C)c(OC)c2)c1.I. The standard InChI is InChI=1S/C23H32N4O3.HI/c1-5-25-22(28)16-30-20-8-6-7-19(13-20)15-27-23(24-3)26-12-11-18-10-9-17(2)21(14-18)29-4;/h6-10,13-14H,5,11-12,15-16H2,1-4H3,(H,25,28)(H2,24,26,27);1H. The number of aryl methyl sites for hydroxylation is 1. The Hall–Kier alpha value is -2.49. The molecule has 7 nitrogen and oxygen atoms in total. The molecule has 0 bridgehead atoms. The van der Waals surface area contributed by atoms with Gasteiger partial charge in [-0.25, -0.2) is 0 Å². The first-order valence-electron chi connectivity index (χ1n) is 10.1. The molecule has 0 saturated heterocycles. The van der Waals surface area contributed by atoms with Crippen LogP contribution in [0.25, 0.3) is 0 Å². The molecular formula is C23H33IN4O3. The summed E-state index contributed by atoms with van der Waals surface area (Å²) in [6.07, 6.45) is 0.862. The Kier molecular flexibility index (Phi) is 12.4. The maximum absolute atomic E-state index is 11.5. The Balaban J connectivity index is 0.00000480. The van der Waals surface area contributed by atoms with Gasteiger partial charge in [-0.2, -0.15) is 0 Å². The van der Waals surface area contributed by atoms with Gasteiger partial charge < -0.3 is 25.4 Å². The van der Waals surface area contributed by atoms with E-state index in [9.17, 15) is 4.79 Å². The number of benzene rings is 2. The van der Waals surface area contributed by atoms with E-state index in [0.29, 0.717) is 18.8 Å². The normalized spacial score (nSPS) is 10.6. The number of hydrogen-bond acceptors (Lipinski definition) is 4. The van der Waals surface area contributed by atoms with Gasteiger partial charge in [0.15, 0.2) is 12.6 Å². The lowest BCUT2D eigenvalue weighted by molar-refractivity contribution is -0.122. The topological polar surface area (TPSA) is 84.0 Å². The molecular weight excluding hydrogens is 507 g/mol. The van der Waals surface area contributed by atoms with Crippen molar-refractivity contribution in [1.82, 2.24) is 16.0 Å². The van der Waals surface area contributed by atoms with E-state index < -0.39 is 0 Å². The summed E-state index contributed by atoms with van der Waals surface area (Å²) >= 11 is 0. The smallest absolute Gasteiger partial charge is 0.257 e. The van der Waals surface area contributed by atoms with Crippen LogP contribution in [0.15, 0.2) is 47.5 Å². The third-order valence-corrected chi connectivity index (χ3v) is 4.50. The molecule has 0 aliphatic rings. The molecule has 0 aliphatic carbocycles. The van der Waals surface area contributed by atoms with Crippen LogP contribution in [0, 0.1) is 6.92 Å². The number of rotatable bonds is 10. The molecule has 0 radical (unpaired) electrons. The van der Waals surface area contributed by atoms with Crippen molar-refractivity contribution in [2.45, 2.75) is 26.8 Å². The minimum Gasteiger partial charge on any atom is -0.496 e. The number of carbonyl (C=O) groups excluding carboxylic acids is 1. The summed E-state index contributed by atoms with van der Waals surface area (Å²) in [4.78, 5) is 15.8. The van der Waals surface area contributed by atoms with Gasteiger partial charge in [0.05, 0.1) is 7.11 Å². The summed E-state index contributed by atoms with van der Waals surface area (Å²) < 4.78 is 10.9. The number of likely N-dealkylation sites (N-methyl/N-ethyl adjacent to an activating group) is 1. The highest BCUT2D eigenvalue weighted by Gasteiger charge is 2.04. The highest BCUT2D eigenvalue weighted by molar-refractivity contribution is 14.0. The van der Waals surface area contributed by atoms with Gasteiger partial charge in [0.1, 0.15) is 11.5 Å². The molecule has 3 N–H and O–H groups in total. The van der Waals surface area contributed by atoms with Crippen molar-refractivity contribution in [3.63, 3.8) is 0 Å². The Labute approximate surface area is 202 Å². The van der Waals surface area contributed by atoms with Crippen LogP contribution < -0.4 is 25.4 Å². The molecule has 0 aliphatic heterocycles. The fraction of sp³-hybridized carbons (Fsp3) is 0.391. The van der Waals surface area contributed by atoms with Crippen molar-refractivity contribution in [2.24, 2.45) is 4.99 Å². The Bertz CT molecular complexity index is 858. The summed E-state index contributed by atoms with van der Waals surface area (Å²) in [6.45, 7) is 5.86. The van der Waals surface area contributed by atoms with Gasteiger partial charge in [0.25, 0.3) is 5.91 Å². The molecule has 2 rings (SSSR count). The van der Waals surface area contributed by atoms with Crippen molar-refractivity contribution in [2.75, 3.05) is 33.9 Å². The first-order chi connectivity index (χ1) is 14.5. The van der Waals surface area contributed by atoms with Crippen molar-refractivity contribution in [3.05, 3.63) is 59.2 Å². The summed E-state index contributed by atoms with van der Waals surface area (Å²) in [5.41, 5.74) is 3.37. The lowest BCUT2D eigenvalue weighted by Crippen LogP contribution is -2.37. The average Bonchev–Trinajstić information content (AvgIpc) is 2.76. The van der Waals surface area contributed by atoms with E-state index in [0.717, 1.165) is 35.8 Å². The number of ether oxygens (including phenoxy) is 2. The van der Waals surface area contributed by atoms with Crippen molar-refractivity contribution in [1.29, 1.82) is 0 Å². The summed E-state index contributed by atoms with van der Waals surface area (Å²) in [5.74, 6) is 2.17. The van der Waals surface area contributed by atoms with Gasteiger partial charge in [0.2, 0.25) is 0 Å². The molecule has 2 aromatic carbocycles. The van der Waals surface area contributed by atoms with Gasteiger partial charge in [-0.3, -0.25) is 9.79 Å². The number of hydrogen-bond donors (Lipinski definition) is 3. The van der Waals surface area contributed by atoms with Gasteiger partial charge in [-0.1, -0.05) is 24.3 Å². The number of amides is 1. The predicted molar refractivity (Wildman–Crippen MR) is 136 cm³/mol. The maximum Gasteiger partial charge on any atom is 0.257 e. The summed E-state index contributed by atoms with van der Waals surface area (Å²) in [7, 11) is 3.44. The molecule has 0 saturated carbocycles. The molecule has 8 heteroatoms. The third-order valence-electron chi connectivity index (χ3n) is 4.50. The minimum atomic E-state index is -0.128. The molecule has 31 heavy (non-hydrogen) atoms. The summed E-state index contributed by atoms with van der Waals surface area (Å²) in [6, 6.07) is 13.9. The van der Waals surface area contributed by atoms with Gasteiger partial charge in [-0.05, 0) is 55.2 Å². The Morgan fingerprint density at radius 1 is 1.06 bits per heavy atom. The van der Waals surface area contributed by atoms with Crippen molar-refractivity contribution < 1.29 is 14.3 Å². The summed E-state index contributed by atoms with van der Waals surface area (Å²) in [5, 5.41) is 9.33. The molecule has 0 atom stereocenters. The van der Waals surface area contributed by atoms with Crippen LogP contribution in [0.4, 0.5) is 0 Å². The molecule has 2 aromatic rings. The zero-order valence-corrected chi connectivity index (χ0v) is 21.0. The van der Waals surface area contributed by atoms with Crippen LogP contribution in [0.1, 0.15) is 23.6 Å². The number of methoxy groups -OCH3 is 1. The van der Waals surface area contributed by atoms with E-state index in [4.69, 9.17) is 9.47 Å². The van der Waals surface area contributed by atoms with Crippen LogP contribution in [-0.2, 0) is 17.8 Å². The third kappa shape index (κ3) is 9.46. The number of guanidine groups is 1. The first-order valence-corrected chi connectivity index (χ1v) is 10.1. The quantitative estimate of drug-likeness (QED) is 0.245. The van der Waals surface area contributed by atoms with Crippen LogP contribution in [0.2, 0.25) is 0 Å². The predicted octanol–water partition coefficient (Wildman–Crippen LogP) is 3.04. The lowest BCUT2D eigenvalue weighted by atomic mass is 10.1. The van der Waals surface area contributed by atoms with Crippen LogP contribution >= 0.6 is 24.0 Å². The second-order valence-corrected chi connectivity index (χ2v) is 6.80. The Morgan fingerprint density at radius 2 is 1.87 bits per heavy atom. The second-order valence-electron chi connectivity index (χ2n) is 6.80. The fourth-order valence-corrected chi connectivity index (χ4v) is 2.89. The molecule has 170 valence electrons. The second kappa shape index (κ2) is 14.5. The maximum atomic E-state index is 11.5. The van der Waals surface area contributed by atoms with Crippen LogP contribution in [0.3, 0.4) is 0 Å².